The number of halogens is 1. The fourth-order valence-electron chi connectivity index (χ4n) is 2.32. The Morgan fingerprint density at radius 1 is 1.43 bits per heavy atom. The summed E-state index contributed by atoms with van der Waals surface area (Å²) in [6.07, 6.45) is 1.67. The molecular weight excluding hydrogens is 316 g/mol. The zero-order valence-electron chi connectivity index (χ0n) is 13.1. The number of hydrogen-bond acceptors (Lipinski definition) is 7. The second kappa shape index (κ2) is 6.57. The Morgan fingerprint density at radius 2 is 2.26 bits per heavy atom. The van der Waals surface area contributed by atoms with Crippen molar-refractivity contribution in [1.82, 2.24) is 19.4 Å². The number of nitrogen functional groups attached to an aromatic ring is 1. The predicted molar refractivity (Wildman–Crippen MR) is 90.9 cm³/mol. The van der Waals surface area contributed by atoms with Gasteiger partial charge in [-0.2, -0.15) is 4.98 Å². The molecule has 0 radical (unpaired) electrons. The van der Waals surface area contributed by atoms with Crippen molar-refractivity contribution < 1.29 is 4.74 Å². The lowest BCUT2D eigenvalue weighted by Gasteiger charge is -2.11. The molecule has 0 amide bonds. The third-order valence-corrected chi connectivity index (χ3v) is 3.71. The maximum Gasteiger partial charge on any atom is 0.316 e. The van der Waals surface area contributed by atoms with Crippen LogP contribution in [0.4, 0.5) is 11.4 Å². The highest BCUT2D eigenvalue weighted by Gasteiger charge is 2.19. The molecule has 0 bridgehead atoms. The van der Waals surface area contributed by atoms with Gasteiger partial charge in [0, 0.05) is 35.8 Å². The average Bonchev–Trinajstić information content (AvgIpc) is 2.85. The van der Waals surface area contributed by atoms with E-state index >= 15 is 0 Å². The number of nitrogens with zero attached hydrogens (tertiary/aromatic N) is 4. The molecule has 8 heteroatoms. The zero-order chi connectivity index (χ0) is 16.4. The average molecular weight is 335 g/mol. The van der Waals surface area contributed by atoms with Gasteiger partial charge in [0.1, 0.15) is 6.61 Å². The number of rotatable bonds is 5. The van der Waals surface area contributed by atoms with E-state index in [2.05, 4.69) is 15.4 Å². The van der Waals surface area contributed by atoms with Gasteiger partial charge in [-0.25, -0.2) is 4.98 Å². The molecule has 0 spiro atoms. The number of hydrogen-bond donors (Lipinski definition) is 2. The normalized spacial score (nSPS) is 13.9. The molecule has 0 fully saturated rings. The van der Waals surface area contributed by atoms with Crippen LogP contribution in [-0.2, 0) is 6.54 Å². The monoisotopic (exact) mass is 334 g/mol. The van der Waals surface area contributed by atoms with E-state index < -0.39 is 0 Å². The Labute approximate surface area is 140 Å². The lowest BCUT2D eigenvalue weighted by molar-refractivity contribution is 0.245. The van der Waals surface area contributed by atoms with E-state index in [1.165, 1.54) is 4.53 Å². The van der Waals surface area contributed by atoms with Crippen molar-refractivity contribution in [2.75, 3.05) is 38.4 Å². The Balaban J connectivity index is 1.83. The molecule has 0 saturated heterocycles. The van der Waals surface area contributed by atoms with Gasteiger partial charge in [-0.15, -0.1) is 4.53 Å². The van der Waals surface area contributed by atoms with E-state index in [9.17, 15) is 0 Å². The molecule has 0 unspecified atom stereocenters. The predicted octanol–water partition coefficient (Wildman–Crippen LogP) is 1.96. The van der Waals surface area contributed by atoms with E-state index in [0.717, 1.165) is 29.1 Å². The number of aromatic nitrogens is 2. The van der Waals surface area contributed by atoms with Gasteiger partial charge in [-0.1, -0.05) is 0 Å². The lowest BCUT2D eigenvalue weighted by Crippen LogP contribution is -2.20. The van der Waals surface area contributed by atoms with E-state index in [4.69, 9.17) is 22.2 Å². The summed E-state index contributed by atoms with van der Waals surface area (Å²) >= 11 is 5.97. The van der Waals surface area contributed by atoms with Crippen LogP contribution in [-0.4, -0.2) is 46.6 Å². The number of ether oxygens (including phenoxy) is 1. The van der Waals surface area contributed by atoms with Crippen LogP contribution in [0.3, 0.4) is 0 Å². The first-order valence-corrected chi connectivity index (χ1v) is 7.60. The van der Waals surface area contributed by atoms with Crippen LogP contribution >= 0.6 is 11.8 Å². The van der Waals surface area contributed by atoms with E-state index in [1.54, 1.807) is 6.20 Å². The van der Waals surface area contributed by atoms with Crippen LogP contribution in [0.5, 0.6) is 6.01 Å². The largest absolute Gasteiger partial charge is 0.462 e. The van der Waals surface area contributed by atoms with Gasteiger partial charge in [0.15, 0.2) is 0 Å². The molecule has 3 rings (SSSR count). The summed E-state index contributed by atoms with van der Waals surface area (Å²) in [6.45, 7) is 1.92. The standard InChI is InChI=1S/C15H19ClN6O/c1-21(2)5-6-23-15-18-4-3-13(19-15)11-8-14-10(7-12(11)17)9-22(16)20-14/h3-4,7-8,20H,5-6,9,17H2,1-2H3. The van der Waals surface area contributed by atoms with Gasteiger partial charge < -0.3 is 20.8 Å². The van der Waals surface area contributed by atoms with Crippen LogP contribution in [0.2, 0.25) is 0 Å². The van der Waals surface area contributed by atoms with Crippen LogP contribution in [0.1, 0.15) is 5.56 Å². The molecule has 2 aromatic rings. The van der Waals surface area contributed by atoms with E-state index in [1.807, 2.05) is 37.2 Å². The minimum atomic E-state index is 0.344. The molecule has 0 aliphatic carbocycles. The lowest BCUT2D eigenvalue weighted by atomic mass is 10.0. The third kappa shape index (κ3) is 3.64. The molecule has 122 valence electrons. The first kappa shape index (κ1) is 15.8. The molecule has 7 nitrogen and oxygen atoms in total. The molecule has 1 aliphatic rings. The SMILES string of the molecule is CN(C)CCOc1nccc(-c2cc3c(cc2N)CN(Cl)N3)n1. The molecule has 0 saturated carbocycles. The van der Waals surface area contributed by atoms with Crippen molar-refractivity contribution in [3.05, 3.63) is 30.0 Å². The van der Waals surface area contributed by atoms with Crippen molar-refractivity contribution in [3.63, 3.8) is 0 Å². The summed E-state index contributed by atoms with van der Waals surface area (Å²) in [6, 6.07) is 6.01. The molecule has 3 N–H and O–H groups in total. The summed E-state index contributed by atoms with van der Waals surface area (Å²) in [4.78, 5) is 10.6. The highest BCUT2D eigenvalue weighted by atomic mass is 35.5. The molecule has 1 aromatic heterocycles. The van der Waals surface area contributed by atoms with Crippen LogP contribution in [0, 0.1) is 0 Å². The second-order valence-electron chi connectivity index (χ2n) is 5.60. The Hall–Kier alpha value is -2.09. The summed E-state index contributed by atoms with van der Waals surface area (Å²) in [5, 5.41) is 0. The van der Waals surface area contributed by atoms with Crippen LogP contribution in [0.15, 0.2) is 24.4 Å². The maximum absolute atomic E-state index is 6.16. The maximum atomic E-state index is 6.16. The van der Waals surface area contributed by atoms with Crippen molar-refractivity contribution >= 4 is 23.2 Å². The fourth-order valence-corrected chi connectivity index (χ4v) is 2.54. The molecular formula is C15H19ClN6O. The number of anilines is 2. The molecule has 23 heavy (non-hydrogen) atoms. The molecule has 0 atom stereocenters. The van der Waals surface area contributed by atoms with Gasteiger partial charge in [-0.05, 0) is 37.9 Å². The van der Waals surface area contributed by atoms with Gasteiger partial charge >= 0.3 is 6.01 Å². The van der Waals surface area contributed by atoms with Crippen molar-refractivity contribution in [1.29, 1.82) is 0 Å². The smallest absolute Gasteiger partial charge is 0.316 e. The summed E-state index contributed by atoms with van der Waals surface area (Å²) in [5.41, 5.74) is 13.4. The Kier molecular flexibility index (Phi) is 4.51. The number of benzene rings is 1. The molecule has 2 heterocycles. The number of likely N-dealkylation sites (N-methyl/N-ethyl adjacent to an activating group) is 1. The quantitative estimate of drug-likeness (QED) is 0.639. The van der Waals surface area contributed by atoms with Gasteiger partial charge in [0.25, 0.3) is 0 Å². The van der Waals surface area contributed by atoms with E-state index in [0.29, 0.717) is 24.8 Å². The highest BCUT2D eigenvalue weighted by Crippen LogP contribution is 2.35. The van der Waals surface area contributed by atoms with E-state index in [-0.39, 0.29) is 0 Å². The summed E-state index contributed by atoms with van der Waals surface area (Å²) in [7, 11) is 3.97. The van der Waals surface area contributed by atoms with Gasteiger partial charge in [0.05, 0.1) is 17.9 Å². The fraction of sp³-hybridized carbons (Fsp3) is 0.333. The molecule has 1 aromatic carbocycles. The number of nitrogens with two attached hydrogens (primary N) is 1. The minimum absolute atomic E-state index is 0.344. The number of nitrogens with one attached hydrogen (secondary N) is 1. The highest BCUT2D eigenvalue weighted by molar-refractivity contribution is 6.14. The van der Waals surface area contributed by atoms with Crippen molar-refractivity contribution in [2.45, 2.75) is 6.54 Å². The summed E-state index contributed by atoms with van der Waals surface area (Å²) in [5.74, 6) is 0. The Morgan fingerprint density at radius 3 is 3.04 bits per heavy atom. The van der Waals surface area contributed by atoms with Crippen LogP contribution in [0.25, 0.3) is 11.3 Å². The third-order valence-electron chi connectivity index (χ3n) is 3.51. The molecule has 1 aliphatic heterocycles. The number of fused-ring (bicyclic) bond motifs is 1. The minimum Gasteiger partial charge on any atom is -0.462 e. The van der Waals surface area contributed by atoms with Crippen molar-refractivity contribution in [3.8, 4) is 17.3 Å². The topological polar surface area (TPSA) is 79.5 Å². The van der Waals surface area contributed by atoms with Gasteiger partial charge in [-0.3, -0.25) is 0 Å². The number of hydrazine groups is 1. The Bertz CT molecular complexity index is 708. The second-order valence-corrected chi connectivity index (χ2v) is 6.01. The summed E-state index contributed by atoms with van der Waals surface area (Å²) < 4.78 is 7.07. The zero-order valence-corrected chi connectivity index (χ0v) is 13.8. The van der Waals surface area contributed by atoms with Crippen molar-refractivity contribution in [2.24, 2.45) is 0 Å². The first-order valence-electron chi connectivity index (χ1n) is 7.26. The van der Waals surface area contributed by atoms with Gasteiger partial charge in [0.2, 0.25) is 0 Å². The van der Waals surface area contributed by atoms with Crippen LogP contribution < -0.4 is 15.9 Å². The first-order chi connectivity index (χ1) is 11.0.